The highest BCUT2D eigenvalue weighted by atomic mass is 16.1. The van der Waals surface area contributed by atoms with Crippen LogP contribution in [0.2, 0.25) is 0 Å². The van der Waals surface area contributed by atoms with E-state index in [9.17, 15) is 4.79 Å². The van der Waals surface area contributed by atoms with Crippen LogP contribution in [0.5, 0.6) is 0 Å². The summed E-state index contributed by atoms with van der Waals surface area (Å²) in [5.41, 5.74) is 5.23. The minimum Gasteiger partial charge on any atom is -0.321 e. The molecule has 0 saturated heterocycles. The van der Waals surface area contributed by atoms with Crippen molar-refractivity contribution in [1.82, 2.24) is 14.8 Å². The van der Waals surface area contributed by atoms with Crippen LogP contribution in [0.3, 0.4) is 0 Å². The second kappa shape index (κ2) is 6.90. The van der Waals surface area contributed by atoms with E-state index >= 15 is 0 Å². The van der Waals surface area contributed by atoms with Crippen LogP contribution in [-0.2, 0) is 0 Å². The first-order chi connectivity index (χ1) is 12.3. The molecular weight excluding hydrogens is 324 g/mol. The van der Waals surface area contributed by atoms with Crippen LogP contribution in [0.1, 0.15) is 66.8 Å². The summed E-state index contributed by atoms with van der Waals surface area (Å²) >= 11 is 0. The molecule has 136 valence electrons. The molecule has 0 fully saturated rings. The molecule has 0 bridgehead atoms. The molecule has 0 atom stereocenters. The number of carbonyl (C=O) groups excluding carboxylic acids is 1. The van der Waals surface area contributed by atoms with Crippen molar-refractivity contribution in [3.8, 4) is 0 Å². The summed E-state index contributed by atoms with van der Waals surface area (Å²) in [7, 11) is 0. The van der Waals surface area contributed by atoms with E-state index in [1.807, 2.05) is 42.8 Å². The van der Waals surface area contributed by atoms with Crippen molar-refractivity contribution in [2.75, 3.05) is 5.32 Å². The molecule has 5 nitrogen and oxygen atoms in total. The zero-order valence-electron chi connectivity index (χ0n) is 16.3. The third kappa shape index (κ3) is 3.21. The summed E-state index contributed by atoms with van der Waals surface area (Å²) < 4.78 is 1.87. The monoisotopic (exact) mass is 350 g/mol. The van der Waals surface area contributed by atoms with Crippen LogP contribution >= 0.6 is 0 Å². The van der Waals surface area contributed by atoms with Gasteiger partial charge in [0, 0.05) is 17.4 Å². The van der Waals surface area contributed by atoms with Gasteiger partial charge in [-0.15, -0.1) is 0 Å². The number of carbonyl (C=O) groups is 1. The Kier molecular flexibility index (Phi) is 4.81. The lowest BCUT2D eigenvalue weighted by atomic mass is 10.0. The largest absolute Gasteiger partial charge is 0.321 e. The quantitative estimate of drug-likeness (QED) is 0.720. The van der Waals surface area contributed by atoms with Gasteiger partial charge < -0.3 is 5.32 Å². The summed E-state index contributed by atoms with van der Waals surface area (Å²) in [5.74, 6) is 0.0988. The van der Waals surface area contributed by atoms with Gasteiger partial charge >= 0.3 is 0 Å². The van der Waals surface area contributed by atoms with Gasteiger partial charge in [-0.2, -0.15) is 5.10 Å². The first-order valence-electron chi connectivity index (χ1n) is 9.05. The van der Waals surface area contributed by atoms with E-state index in [1.54, 1.807) is 6.20 Å². The number of fused-ring (bicyclic) bond motifs is 1. The van der Waals surface area contributed by atoms with Gasteiger partial charge in [-0.05, 0) is 50.8 Å². The molecule has 2 aromatic heterocycles. The Bertz CT molecular complexity index is 949. The van der Waals surface area contributed by atoms with E-state index in [0.717, 1.165) is 33.5 Å². The van der Waals surface area contributed by atoms with Crippen LogP contribution in [0, 0.1) is 13.8 Å². The number of rotatable bonds is 4. The minimum atomic E-state index is -0.125. The summed E-state index contributed by atoms with van der Waals surface area (Å²) in [6.45, 7) is 12.3. The van der Waals surface area contributed by atoms with E-state index in [0.29, 0.717) is 5.56 Å². The number of amides is 1. The second-order valence-corrected chi connectivity index (χ2v) is 7.39. The summed E-state index contributed by atoms with van der Waals surface area (Å²) in [6, 6.07) is 8.07. The number of benzene rings is 1. The van der Waals surface area contributed by atoms with Crippen molar-refractivity contribution in [2.24, 2.45) is 0 Å². The van der Waals surface area contributed by atoms with Gasteiger partial charge in [0.1, 0.15) is 0 Å². The Hall–Kier alpha value is -2.69. The van der Waals surface area contributed by atoms with Crippen molar-refractivity contribution < 1.29 is 4.79 Å². The van der Waals surface area contributed by atoms with Crippen LogP contribution < -0.4 is 5.32 Å². The van der Waals surface area contributed by atoms with Crippen molar-refractivity contribution in [2.45, 2.75) is 53.5 Å². The van der Waals surface area contributed by atoms with Crippen LogP contribution in [0.25, 0.3) is 11.0 Å². The Morgan fingerprint density at radius 3 is 2.35 bits per heavy atom. The highest BCUT2D eigenvalue weighted by Gasteiger charge is 2.19. The smallest absolute Gasteiger partial charge is 0.256 e. The minimum absolute atomic E-state index is 0.125. The molecule has 0 aliphatic carbocycles. The molecule has 26 heavy (non-hydrogen) atoms. The van der Waals surface area contributed by atoms with E-state index in [4.69, 9.17) is 4.98 Å². The topological polar surface area (TPSA) is 59.8 Å². The molecule has 0 aliphatic rings. The molecule has 3 rings (SSSR count). The van der Waals surface area contributed by atoms with Crippen molar-refractivity contribution >= 4 is 22.6 Å². The van der Waals surface area contributed by atoms with Crippen LogP contribution in [0.4, 0.5) is 5.69 Å². The van der Waals surface area contributed by atoms with Gasteiger partial charge in [0.15, 0.2) is 5.65 Å². The first-order valence-corrected chi connectivity index (χ1v) is 9.05. The summed E-state index contributed by atoms with van der Waals surface area (Å²) in [4.78, 5) is 17.9. The van der Waals surface area contributed by atoms with E-state index in [1.165, 1.54) is 0 Å². The summed E-state index contributed by atoms with van der Waals surface area (Å²) in [5, 5.41) is 8.33. The Morgan fingerprint density at radius 1 is 1.12 bits per heavy atom. The van der Waals surface area contributed by atoms with Crippen LogP contribution in [0.15, 0.2) is 30.5 Å². The fourth-order valence-electron chi connectivity index (χ4n) is 3.09. The van der Waals surface area contributed by atoms with E-state index < -0.39 is 0 Å². The Morgan fingerprint density at radius 2 is 1.77 bits per heavy atom. The number of hydrogen-bond acceptors (Lipinski definition) is 3. The Labute approximate surface area is 154 Å². The predicted molar refractivity (Wildman–Crippen MR) is 106 cm³/mol. The molecule has 0 spiro atoms. The zero-order chi connectivity index (χ0) is 19.0. The van der Waals surface area contributed by atoms with Gasteiger partial charge in [-0.3, -0.25) is 4.79 Å². The molecule has 0 unspecified atom stereocenters. The number of aryl methyl sites for hydroxylation is 2. The lowest BCUT2D eigenvalue weighted by Crippen LogP contribution is -2.15. The maximum Gasteiger partial charge on any atom is 0.256 e. The third-order valence-electron chi connectivity index (χ3n) is 4.63. The molecule has 2 heterocycles. The van der Waals surface area contributed by atoms with E-state index in [2.05, 4.69) is 38.1 Å². The molecule has 1 N–H and O–H groups in total. The average Bonchev–Trinajstić information content (AvgIpc) is 3.01. The molecule has 0 saturated carbocycles. The normalized spacial score (nSPS) is 11.5. The van der Waals surface area contributed by atoms with Crippen molar-refractivity contribution in [1.29, 1.82) is 0 Å². The first kappa shape index (κ1) is 18.1. The van der Waals surface area contributed by atoms with Crippen molar-refractivity contribution in [3.63, 3.8) is 0 Å². The van der Waals surface area contributed by atoms with Gasteiger partial charge in [0.25, 0.3) is 5.91 Å². The number of pyridine rings is 1. The van der Waals surface area contributed by atoms with Gasteiger partial charge in [0.05, 0.1) is 17.1 Å². The van der Waals surface area contributed by atoms with E-state index in [-0.39, 0.29) is 17.9 Å². The third-order valence-corrected chi connectivity index (χ3v) is 4.63. The van der Waals surface area contributed by atoms with Gasteiger partial charge in [-0.25, -0.2) is 9.67 Å². The van der Waals surface area contributed by atoms with Gasteiger partial charge in [-0.1, -0.05) is 32.0 Å². The number of nitrogens with zero attached hydrogens (tertiary/aromatic N) is 3. The lowest BCUT2D eigenvalue weighted by Gasteiger charge is -2.14. The van der Waals surface area contributed by atoms with Gasteiger partial charge in [0.2, 0.25) is 0 Å². The standard InChI is InChI=1S/C21H26N4O/c1-12(2)18-10-16(17-11-22-25(13(3)4)20(17)23-18)21(26)24-19-14(5)8-7-9-15(19)6/h7-13H,1-6H3,(H,24,26). The fraction of sp³-hybridized carbons (Fsp3) is 0.381. The number of nitrogens with one attached hydrogen (secondary N) is 1. The van der Waals surface area contributed by atoms with Crippen LogP contribution in [-0.4, -0.2) is 20.7 Å². The molecule has 1 amide bonds. The molecule has 1 aromatic carbocycles. The number of para-hydroxylation sites is 1. The maximum absolute atomic E-state index is 13.1. The lowest BCUT2D eigenvalue weighted by molar-refractivity contribution is 0.102. The predicted octanol–water partition coefficient (Wildman–Crippen LogP) is 5.00. The van der Waals surface area contributed by atoms with Crippen molar-refractivity contribution in [3.05, 3.63) is 52.8 Å². The molecule has 0 aliphatic heterocycles. The average molecular weight is 350 g/mol. The SMILES string of the molecule is Cc1cccc(C)c1NC(=O)c1cc(C(C)C)nc2c1cnn2C(C)C. The number of aromatic nitrogens is 3. The molecular formula is C21H26N4O. The molecule has 5 heteroatoms. The number of hydrogen-bond donors (Lipinski definition) is 1. The zero-order valence-corrected chi connectivity index (χ0v) is 16.3. The maximum atomic E-state index is 13.1. The summed E-state index contributed by atoms with van der Waals surface area (Å²) in [6.07, 6.45) is 1.74. The Balaban J connectivity index is 2.12. The number of anilines is 1. The highest BCUT2D eigenvalue weighted by Crippen LogP contribution is 2.26. The second-order valence-electron chi connectivity index (χ2n) is 7.39. The molecule has 3 aromatic rings. The fourth-order valence-corrected chi connectivity index (χ4v) is 3.09. The highest BCUT2D eigenvalue weighted by molar-refractivity contribution is 6.12. The molecule has 0 radical (unpaired) electrons.